The van der Waals surface area contributed by atoms with Crippen LogP contribution in [-0.2, 0) is 10.9 Å². The third-order valence-electron chi connectivity index (χ3n) is 1.90. The number of hydrogen-bond acceptors (Lipinski definition) is 3. The number of ether oxygens (including phenoxy) is 1. The first-order valence-corrected chi connectivity index (χ1v) is 5.07. The largest absolute Gasteiger partial charge is 0.449 e. The van der Waals surface area contributed by atoms with Crippen molar-refractivity contribution >= 4 is 12.3 Å². The fourth-order valence-electron chi connectivity index (χ4n) is 1.19. The van der Waals surface area contributed by atoms with Gasteiger partial charge < -0.3 is 4.74 Å². The molecule has 0 fully saturated rings. The van der Waals surface area contributed by atoms with Crippen molar-refractivity contribution < 1.29 is 22.7 Å². The van der Waals surface area contributed by atoms with E-state index in [9.17, 15) is 18.0 Å². The molecule has 0 atom stereocenters. The molecule has 1 amide bonds. The van der Waals surface area contributed by atoms with Gasteiger partial charge in [-0.15, -0.1) is 0 Å². The minimum absolute atomic E-state index is 0.137. The molecule has 0 aliphatic heterocycles. The Morgan fingerprint density at radius 2 is 2.11 bits per heavy atom. The summed E-state index contributed by atoms with van der Waals surface area (Å²) in [7, 11) is 0. The van der Waals surface area contributed by atoms with Crippen LogP contribution in [0.2, 0.25) is 0 Å². The number of benzene rings is 1. The summed E-state index contributed by atoms with van der Waals surface area (Å²) in [6.07, 6.45) is -4.37. The van der Waals surface area contributed by atoms with Crippen LogP contribution in [0, 0.1) is 0 Å². The highest BCUT2D eigenvalue weighted by molar-refractivity contribution is 5.83. The average Bonchev–Trinajstić information content (AvgIpc) is 2.28. The van der Waals surface area contributed by atoms with Gasteiger partial charge >= 0.3 is 12.3 Å². The molecule has 0 aliphatic rings. The van der Waals surface area contributed by atoms with Crippen molar-refractivity contribution in [2.24, 2.45) is 5.10 Å². The maximum absolute atomic E-state index is 12.6. The normalized spacial score (nSPS) is 11.6. The lowest BCUT2D eigenvalue weighted by Gasteiger charge is -2.09. The first-order valence-electron chi connectivity index (χ1n) is 5.07. The van der Waals surface area contributed by atoms with Gasteiger partial charge in [0.15, 0.2) is 0 Å². The van der Waals surface area contributed by atoms with Crippen molar-refractivity contribution in [3.05, 3.63) is 35.4 Å². The molecule has 0 spiro atoms. The lowest BCUT2D eigenvalue weighted by molar-refractivity contribution is -0.137. The summed E-state index contributed by atoms with van der Waals surface area (Å²) in [6.45, 7) is 1.75. The molecule has 4 nitrogen and oxygen atoms in total. The van der Waals surface area contributed by atoms with E-state index in [1.165, 1.54) is 18.2 Å². The summed E-state index contributed by atoms with van der Waals surface area (Å²) in [5, 5.41) is 3.38. The number of nitrogens with one attached hydrogen (secondary N) is 1. The number of hydrazone groups is 1. The van der Waals surface area contributed by atoms with Crippen LogP contribution in [0.3, 0.4) is 0 Å². The Labute approximate surface area is 101 Å². The van der Waals surface area contributed by atoms with Crippen molar-refractivity contribution in [1.29, 1.82) is 0 Å². The van der Waals surface area contributed by atoms with Crippen LogP contribution < -0.4 is 5.43 Å². The topological polar surface area (TPSA) is 50.7 Å². The van der Waals surface area contributed by atoms with Gasteiger partial charge in [0.05, 0.1) is 18.4 Å². The molecule has 98 valence electrons. The summed E-state index contributed by atoms with van der Waals surface area (Å²) >= 11 is 0. The zero-order valence-electron chi connectivity index (χ0n) is 9.49. The summed E-state index contributed by atoms with van der Waals surface area (Å²) < 4.78 is 42.2. The first kappa shape index (κ1) is 14.0. The van der Waals surface area contributed by atoms with E-state index < -0.39 is 17.8 Å². The SMILES string of the molecule is CCOC(=O)N/N=C\c1ccccc1C(F)(F)F. The molecule has 0 bridgehead atoms. The van der Waals surface area contributed by atoms with E-state index in [1.807, 2.05) is 5.43 Å². The number of carbonyl (C=O) groups is 1. The second kappa shape index (κ2) is 6.04. The predicted octanol–water partition coefficient (Wildman–Crippen LogP) is 2.79. The summed E-state index contributed by atoms with van der Waals surface area (Å²) in [5.74, 6) is 0. The zero-order chi connectivity index (χ0) is 13.6. The molecule has 7 heteroatoms. The van der Waals surface area contributed by atoms with Crippen molar-refractivity contribution in [1.82, 2.24) is 5.43 Å². The smallest absolute Gasteiger partial charge is 0.427 e. The zero-order valence-corrected chi connectivity index (χ0v) is 9.49. The third-order valence-corrected chi connectivity index (χ3v) is 1.90. The number of carbonyl (C=O) groups excluding carboxylic acids is 1. The van der Waals surface area contributed by atoms with Gasteiger partial charge in [-0.2, -0.15) is 18.3 Å². The van der Waals surface area contributed by atoms with E-state index in [2.05, 4.69) is 9.84 Å². The van der Waals surface area contributed by atoms with Gasteiger partial charge in [0.2, 0.25) is 0 Å². The Kier molecular flexibility index (Phi) is 4.70. The Bertz CT molecular complexity index is 444. The second-order valence-corrected chi connectivity index (χ2v) is 3.18. The van der Waals surface area contributed by atoms with E-state index >= 15 is 0 Å². The number of halogens is 3. The second-order valence-electron chi connectivity index (χ2n) is 3.18. The van der Waals surface area contributed by atoms with E-state index in [0.29, 0.717) is 0 Å². The van der Waals surface area contributed by atoms with E-state index in [-0.39, 0.29) is 12.2 Å². The van der Waals surface area contributed by atoms with Crippen LogP contribution in [-0.4, -0.2) is 18.9 Å². The molecular weight excluding hydrogens is 249 g/mol. The predicted molar refractivity (Wildman–Crippen MR) is 59.2 cm³/mol. The van der Waals surface area contributed by atoms with Gasteiger partial charge in [0.25, 0.3) is 0 Å². The molecule has 18 heavy (non-hydrogen) atoms. The molecule has 1 rings (SSSR count). The van der Waals surface area contributed by atoms with Crippen molar-refractivity contribution in [2.75, 3.05) is 6.61 Å². The summed E-state index contributed by atoms with van der Waals surface area (Å²) in [4.78, 5) is 10.8. The monoisotopic (exact) mass is 260 g/mol. The fourth-order valence-corrected chi connectivity index (χ4v) is 1.19. The molecule has 0 unspecified atom stereocenters. The Hall–Kier alpha value is -2.05. The standard InChI is InChI=1S/C11H11F3N2O2/c1-2-18-10(17)16-15-7-8-5-3-4-6-9(8)11(12,13)14/h3-7H,2H2,1H3,(H,16,17)/b15-7-. The van der Waals surface area contributed by atoms with Crippen molar-refractivity contribution in [2.45, 2.75) is 13.1 Å². The first-order chi connectivity index (χ1) is 8.45. The van der Waals surface area contributed by atoms with Crippen LogP contribution in [0.25, 0.3) is 0 Å². The quantitative estimate of drug-likeness (QED) is 0.671. The highest BCUT2D eigenvalue weighted by atomic mass is 19.4. The molecule has 0 aromatic heterocycles. The lowest BCUT2D eigenvalue weighted by Crippen LogP contribution is -2.19. The van der Waals surface area contributed by atoms with Crippen LogP contribution in [0.5, 0.6) is 0 Å². The van der Waals surface area contributed by atoms with Gasteiger partial charge in [-0.25, -0.2) is 10.2 Å². The Morgan fingerprint density at radius 1 is 1.44 bits per heavy atom. The summed E-state index contributed by atoms with van der Waals surface area (Å²) in [5.41, 5.74) is 0.994. The third kappa shape index (κ3) is 4.08. The molecule has 0 radical (unpaired) electrons. The molecule has 0 heterocycles. The number of hydrogen-bond donors (Lipinski definition) is 1. The Balaban J connectivity index is 2.79. The van der Waals surface area contributed by atoms with Gasteiger partial charge in [-0.05, 0) is 13.0 Å². The number of rotatable bonds is 3. The lowest BCUT2D eigenvalue weighted by atomic mass is 10.1. The Morgan fingerprint density at radius 3 is 2.72 bits per heavy atom. The number of amides is 1. The number of alkyl halides is 3. The highest BCUT2D eigenvalue weighted by Crippen LogP contribution is 2.30. The summed E-state index contributed by atoms with van der Waals surface area (Å²) in [6, 6.07) is 4.91. The molecule has 1 aromatic carbocycles. The molecule has 0 aliphatic carbocycles. The van der Waals surface area contributed by atoms with E-state index in [0.717, 1.165) is 12.3 Å². The van der Waals surface area contributed by atoms with Crippen molar-refractivity contribution in [3.8, 4) is 0 Å². The fraction of sp³-hybridized carbons (Fsp3) is 0.273. The van der Waals surface area contributed by atoms with Crippen LogP contribution in [0.1, 0.15) is 18.1 Å². The molecule has 1 aromatic rings. The minimum Gasteiger partial charge on any atom is -0.449 e. The maximum atomic E-state index is 12.6. The van der Waals surface area contributed by atoms with Crippen molar-refractivity contribution in [3.63, 3.8) is 0 Å². The van der Waals surface area contributed by atoms with Gasteiger partial charge in [0, 0.05) is 5.56 Å². The molecule has 0 saturated heterocycles. The van der Waals surface area contributed by atoms with Crippen LogP contribution >= 0.6 is 0 Å². The van der Waals surface area contributed by atoms with E-state index in [4.69, 9.17) is 0 Å². The van der Waals surface area contributed by atoms with Gasteiger partial charge in [-0.1, -0.05) is 18.2 Å². The van der Waals surface area contributed by atoms with Crippen LogP contribution in [0.15, 0.2) is 29.4 Å². The van der Waals surface area contributed by atoms with Gasteiger partial charge in [-0.3, -0.25) is 0 Å². The maximum Gasteiger partial charge on any atom is 0.427 e. The minimum atomic E-state index is -4.47. The molecule has 1 N–H and O–H groups in total. The molecule has 0 saturated carbocycles. The van der Waals surface area contributed by atoms with E-state index in [1.54, 1.807) is 6.92 Å². The highest BCUT2D eigenvalue weighted by Gasteiger charge is 2.32. The van der Waals surface area contributed by atoms with Gasteiger partial charge in [0.1, 0.15) is 0 Å². The van der Waals surface area contributed by atoms with Crippen LogP contribution in [0.4, 0.5) is 18.0 Å². The average molecular weight is 260 g/mol. The molecular formula is C11H11F3N2O2. The number of nitrogens with zero attached hydrogens (tertiary/aromatic N) is 1.